The molecule has 0 atom stereocenters. The Morgan fingerprint density at radius 3 is 2.79 bits per heavy atom. The molecule has 0 radical (unpaired) electrons. The van der Waals surface area contributed by atoms with Crippen LogP contribution in [-0.4, -0.2) is 10.1 Å². The van der Waals surface area contributed by atoms with E-state index in [4.69, 9.17) is 16.1 Å². The maximum atomic E-state index is 13.3. The van der Waals surface area contributed by atoms with Crippen molar-refractivity contribution in [2.24, 2.45) is 0 Å². The number of aryl methyl sites for hydroxylation is 1. The fourth-order valence-electron chi connectivity index (χ4n) is 1.08. The summed E-state index contributed by atoms with van der Waals surface area (Å²) in [7, 11) is 0. The first-order valence-electron chi connectivity index (χ1n) is 3.92. The van der Waals surface area contributed by atoms with Crippen molar-refractivity contribution in [3.63, 3.8) is 0 Å². The molecule has 0 amide bonds. The van der Waals surface area contributed by atoms with Gasteiger partial charge in [-0.05, 0) is 18.2 Å². The molecule has 0 saturated heterocycles. The normalized spacial score (nSPS) is 10.5. The summed E-state index contributed by atoms with van der Waals surface area (Å²) in [5, 5.41) is 3.95. The van der Waals surface area contributed by atoms with Gasteiger partial charge in [0.2, 0.25) is 11.7 Å². The van der Waals surface area contributed by atoms with Crippen molar-refractivity contribution in [1.82, 2.24) is 10.1 Å². The van der Waals surface area contributed by atoms with Gasteiger partial charge in [0, 0.05) is 11.9 Å². The second-order valence-electron chi connectivity index (χ2n) is 2.76. The molecule has 0 saturated carbocycles. The number of rotatable bonds is 1. The monoisotopic (exact) mass is 212 g/mol. The quantitative estimate of drug-likeness (QED) is 0.730. The van der Waals surface area contributed by atoms with Gasteiger partial charge in [-0.2, -0.15) is 4.98 Å². The average molecular weight is 213 g/mol. The van der Waals surface area contributed by atoms with Crippen molar-refractivity contribution < 1.29 is 8.91 Å². The van der Waals surface area contributed by atoms with E-state index in [0.29, 0.717) is 10.9 Å². The van der Waals surface area contributed by atoms with Gasteiger partial charge in [-0.25, -0.2) is 4.39 Å². The van der Waals surface area contributed by atoms with E-state index in [-0.39, 0.29) is 11.4 Å². The lowest BCUT2D eigenvalue weighted by Crippen LogP contribution is -1.86. The lowest BCUT2D eigenvalue weighted by molar-refractivity contribution is 0.394. The standard InChI is InChI=1S/C9H6ClFN2O/c1-5-12-9(13-14-5)7-3-2-6(10)4-8(7)11/h2-4H,1H3. The van der Waals surface area contributed by atoms with Crippen molar-refractivity contribution in [3.05, 3.63) is 34.9 Å². The molecule has 0 aliphatic carbocycles. The Morgan fingerprint density at radius 2 is 2.21 bits per heavy atom. The molecule has 14 heavy (non-hydrogen) atoms. The summed E-state index contributed by atoms with van der Waals surface area (Å²) in [5.74, 6) is 0.171. The molecule has 5 heteroatoms. The van der Waals surface area contributed by atoms with E-state index in [1.807, 2.05) is 0 Å². The first kappa shape index (κ1) is 9.15. The molecule has 3 nitrogen and oxygen atoms in total. The fraction of sp³-hybridized carbons (Fsp3) is 0.111. The maximum Gasteiger partial charge on any atom is 0.223 e. The molecule has 2 aromatic rings. The maximum absolute atomic E-state index is 13.3. The van der Waals surface area contributed by atoms with Gasteiger partial charge < -0.3 is 4.52 Å². The van der Waals surface area contributed by atoms with Crippen LogP contribution < -0.4 is 0 Å². The number of halogens is 2. The molecule has 1 heterocycles. The summed E-state index contributed by atoms with van der Waals surface area (Å²) >= 11 is 5.61. The largest absolute Gasteiger partial charge is 0.339 e. The van der Waals surface area contributed by atoms with Crippen molar-refractivity contribution in [1.29, 1.82) is 0 Å². The van der Waals surface area contributed by atoms with Crippen LogP contribution in [0.3, 0.4) is 0 Å². The highest BCUT2D eigenvalue weighted by atomic mass is 35.5. The molecule has 0 fully saturated rings. The van der Waals surface area contributed by atoms with Crippen LogP contribution in [0.1, 0.15) is 5.89 Å². The molecule has 0 N–H and O–H groups in total. The zero-order chi connectivity index (χ0) is 10.1. The van der Waals surface area contributed by atoms with Crippen molar-refractivity contribution in [2.45, 2.75) is 6.92 Å². The topological polar surface area (TPSA) is 38.9 Å². The zero-order valence-electron chi connectivity index (χ0n) is 7.29. The van der Waals surface area contributed by atoms with E-state index in [2.05, 4.69) is 10.1 Å². The Hall–Kier alpha value is -1.42. The van der Waals surface area contributed by atoms with Crippen LogP contribution in [-0.2, 0) is 0 Å². The van der Waals surface area contributed by atoms with Gasteiger partial charge in [0.25, 0.3) is 0 Å². The van der Waals surface area contributed by atoms with Crippen LogP contribution in [0.25, 0.3) is 11.4 Å². The lowest BCUT2D eigenvalue weighted by Gasteiger charge is -1.96. The molecular weight excluding hydrogens is 207 g/mol. The highest BCUT2D eigenvalue weighted by Crippen LogP contribution is 2.22. The molecule has 1 aromatic carbocycles. The van der Waals surface area contributed by atoms with Crippen LogP contribution in [0, 0.1) is 12.7 Å². The molecule has 0 bridgehead atoms. The number of benzene rings is 1. The fourth-order valence-corrected chi connectivity index (χ4v) is 1.24. The van der Waals surface area contributed by atoms with Crippen LogP contribution >= 0.6 is 11.6 Å². The SMILES string of the molecule is Cc1nc(-c2ccc(Cl)cc2F)no1. The number of hydrogen-bond acceptors (Lipinski definition) is 3. The van der Waals surface area contributed by atoms with Gasteiger partial charge in [-0.1, -0.05) is 16.8 Å². The van der Waals surface area contributed by atoms with Crippen LogP contribution in [0.15, 0.2) is 22.7 Å². The number of hydrogen-bond donors (Lipinski definition) is 0. The second-order valence-corrected chi connectivity index (χ2v) is 3.20. The molecule has 2 rings (SSSR count). The molecular formula is C9H6ClFN2O. The Bertz CT molecular complexity index is 470. The van der Waals surface area contributed by atoms with Crippen molar-refractivity contribution in [2.75, 3.05) is 0 Å². The van der Waals surface area contributed by atoms with E-state index in [0.717, 1.165) is 0 Å². The summed E-state index contributed by atoms with van der Waals surface area (Å²) < 4.78 is 18.1. The highest BCUT2D eigenvalue weighted by Gasteiger charge is 2.10. The summed E-state index contributed by atoms with van der Waals surface area (Å²) in [5.41, 5.74) is 0.284. The predicted molar refractivity (Wildman–Crippen MR) is 49.4 cm³/mol. The molecule has 0 unspecified atom stereocenters. The third-order valence-corrected chi connectivity index (χ3v) is 1.93. The molecule has 0 aliphatic heterocycles. The van der Waals surface area contributed by atoms with Crippen LogP contribution in [0.4, 0.5) is 4.39 Å². The highest BCUT2D eigenvalue weighted by molar-refractivity contribution is 6.30. The first-order chi connectivity index (χ1) is 6.66. The van der Waals surface area contributed by atoms with Crippen molar-refractivity contribution >= 4 is 11.6 Å². The summed E-state index contributed by atoms with van der Waals surface area (Å²) in [6, 6.07) is 4.30. The van der Waals surface area contributed by atoms with Crippen LogP contribution in [0.5, 0.6) is 0 Å². The Labute approximate surface area is 84.5 Å². The molecule has 0 spiro atoms. The molecule has 0 aliphatic rings. The van der Waals surface area contributed by atoms with E-state index in [1.54, 1.807) is 13.0 Å². The van der Waals surface area contributed by atoms with E-state index >= 15 is 0 Å². The Kier molecular flexibility index (Phi) is 2.21. The summed E-state index contributed by atoms with van der Waals surface area (Å²) in [6.07, 6.45) is 0. The smallest absolute Gasteiger partial charge is 0.223 e. The lowest BCUT2D eigenvalue weighted by atomic mass is 10.2. The Balaban J connectivity index is 2.52. The van der Waals surface area contributed by atoms with E-state index in [1.165, 1.54) is 12.1 Å². The average Bonchev–Trinajstić information content (AvgIpc) is 2.51. The van der Waals surface area contributed by atoms with E-state index in [9.17, 15) is 4.39 Å². The van der Waals surface area contributed by atoms with Gasteiger partial charge in [0.1, 0.15) is 5.82 Å². The van der Waals surface area contributed by atoms with Crippen molar-refractivity contribution in [3.8, 4) is 11.4 Å². The van der Waals surface area contributed by atoms with Gasteiger partial charge in [-0.3, -0.25) is 0 Å². The zero-order valence-corrected chi connectivity index (χ0v) is 8.05. The van der Waals surface area contributed by atoms with Gasteiger partial charge in [0.05, 0.1) is 5.56 Å². The van der Waals surface area contributed by atoms with E-state index < -0.39 is 5.82 Å². The minimum Gasteiger partial charge on any atom is -0.339 e. The number of aromatic nitrogens is 2. The third kappa shape index (κ3) is 1.61. The number of nitrogens with zero attached hydrogens (tertiary/aromatic N) is 2. The molecule has 72 valence electrons. The summed E-state index contributed by atoms with van der Waals surface area (Å²) in [6.45, 7) is 1.64. The molecule has 1 aromatic heterocycles. The minimum atomic E-state index is -0.460. The predicted octanol–water partition coefficient (Wildman–Crippen LogP) is 2.84. The second kappa shape index (κ2) is 3.38. The third-order valence-electron chi connectivity index (χ3n) is 1.70. The van der Waals surface area contributed by atoms with Gasteiger partial charge in [-0.15, -0.1) is 0 Å². The van der Waals surface area contributed by atoms with Crippen LogP contribution in [0.2, 0.25) is 5.02 Å². The Morgan fingerprint density at radius 1 is 1.43 bits per heavy atom. The van der Waals surface area contributed by atoms with Gasteiger partial charge >= 0.3 is 0 Å². The van der Waals surface area contributed by atoms with Gasteiger partial charge in [0.15, 0.2) is 0 Å². The first-order valence-corrected chi connectivity index (χ1v) is 4.30. The summed E-state index contributed by atoms with van der Waals surface area (Å²) in [4.78, 5) is 3.91. The minimum absolute atomic E-state index is 0.233.